The summed E-state index contributed by atoms with van der Waals surface area (Å²) in [7, 11) is 0. The number of nitrogens with one attached hydrogen (secondary N) is 1. The van der Waals surface area contributed by atoms with Crippen LogP contribution in [-0.4, -0.2) is 6.04 Å². The van der Waals surface area contributed by atoms with Crippen molar-refractivity contribution in [2.75, 3.05) is 5.32 Å². The Kier molecular flexibility index (Phi) is 3.70. The van der Waals surface area contributed by atoms with Gasteiger partial charge in [0.2, 0.25) is 0 Å². The van der Waals surface area contributed by atoms with E-state index < -0.39 is 0 Å². The summed E-state index contributed by atoms with van der Waals surface area (Å²) in [5.74, 6) is 1.38. The minimum absolute atomic E-state index is 0.495. The topological polar surface area (TPSA) is 12.0 Å². The molecule has 1 heteroatoms. The Labute approximate surface area is 112 Å². The molecule has 0 aromatic heterocycles. The van der Waals surface area contributed by atoms with Crippen LogP contribution in [-0.2, 0) is 0 Å². The summed E-state index contributed by atoms with van der Waals surface area (Å²) in [6.45, 7) is 11.6. The fourth-order valence-corrected chi connectivity index (χ4v) is 3.27. The van der Waals surface area contributed by atoms with Gasteiger partial charge in [0.1, 0.15) is 0 Å². The first-order chi connectivity index (χ1) is 8.37. The van der Waals surface area contributed by atoms with Crippen LogP contribution in [0.25, 0.3) is 0 Å². The van der Waals surface area contributed by atoms with E-state index >= 15 is 0 Å². The molecule has 1 nitrogen and oxygen atoms in total. The minimum Gasteiger partial charge on any atom is -0.382 e. The zero-order valence-corrected chi connectivity index (χ0v) is 12.5. The quantitative estimate of drug-likeness (QED) is 0.786. The molecule has 2 rings (SSSR count). The van der Waals surface area contributed by atoms with Gasteiger partial charge >= 0.3 is 0 Å². The van der Waals surface area contributed by atoms with Gasteiger partial charge in [0, 0.05) is 11.7 Å². The van der Waals surface area contributed by atoms with Crippen molar-refractivity contribution in [3.63, 3.8) is 0 Å². The van der Waals surface area contributed by atoms with Crippen LogP contribution in [0.2, 0.25) is 0 Å². The maximum atomic E-state index is 3.71. The molecule has 0 radical (unpaired) electrons. The minimum atomic E-state index is 0.495. The van der Waals surface area contributed by atoms with Crippen LogP contribution in [0, 0.1) is 11.3 Å². The molecule has 1 fully saturated rings. The molecule has 1 aromatic carbocycles. The van der Waals surface area contributed by atoms with Crippen LogP contribution in [0.15, 0.2) is 24.3 Å². The Hall–Kier alpha value is -0.980. The van der Waals surface area contributed by atoms with E-state index in [1.165, 1.54) is 24.1 Å². The molecular weight excluding hydrogens is 218 g/mol. The first-order valence-electron chi connectivity index (χ1n) is 7.24. The predicted molar refractivity (Wildman–Crippen MR) is 80.1 cm³/mol. The second-order valence-corrected chi connectivity index (χ2v) is 7.08. The number of anilines is 1. The summed E-state index contributed by atoms with van der Waals surface area (Å²) in [6.07, 6.45) is 2.61. The van der Waals surface area contributed by atoms with Gasteiger partial charge in [-0.25, -0.2) is 0 Å². The van der Waals surface area contributed by atoms with Gasteiger partial charge in [-0.05, 0) is 47.8 Å². The zero-order chi connectivity index (χ0) is 13.3. The van der Waals surface area contributed by atoms with Gasteiger partial charge in [0.15, 0.2) is 0 Å². The lowest BCUT2D eigenvalue weighted by Gasteiger charge is -2.20. The van der Waals surface area contributed by atoms with Crippen molar-refractivity contribution in [3.05, 3.63) is 29.8 Å². The fraction of sp³-hybridized carbons (Fsp3) is 0.647. The highest BCUT2D eigenvalue weighted by Gasteiger charge is 2.36. The number of hydrogen-bond acceptors (Lipinski definition) is 1. The van der Waals surface area contributed by atoms with E-state index in [9.17, 15) is 0 Å². The van der Waals surface area contributed by atoms with Crippen LogP contribution in [0.1, 0.15) is 58.9 Å². The van der Waals surface area contributed by atoms with Gasteiger partial charge in [-0.2, -0.15) is 0 Å². The lowest BCUT2D eigenvalue weighted by Crippen LogP contribution is -2.22. The van der Waals surface area contributed by atoms with Gasteiger partial charge < -0.3 is 5.32 Å². The Morgan fingerprint density at radius 2 is 1.72 bits per heavy atom. The van der Waals surface area contributed by atoms with Crippen molar-refractivity contribution in [1.82, 2.24) is 0 Å². The highest BCUT2D eigenvalue weighted by Crippen LogP contribution is 2.42. The molecule has 1 aliphatic rings. The molecular formula is C17H27N. The van der Waals surface area contributed by atoms with E-state index in [2.05, 4.69) is 64.2 Å². The lowest BCUT2D eigenvalue weighted by molar-refractivity contribution is 0.366. The van der Waals surface area contributed by atoms with Crippen LogP contribution in [0.4, 0.5) is 5.69 Å². The third-order valence-corrected chi connectivity index (χ3v) is 4.26. The second kappa shape index (κ2) is 4.95. The molecule has 1 N–H and O–H groups in total. The van der Waals surface area contributed by atoms with E-state index in [0.717, 1.165) is 5.92 Å². The Balaban J connectivity index is 2.02. The summed E-state index contributed by atoms with van der Waals surface area (Å²) in [6, 6.07) is 9.58. The first-order valence-corrected chi connectivity index (χ1v) is 7.24. The molecule has 18 heavy (non-hydrogen) atoms. The monoisotopic (exact) mass is 245 g/mol. The molecule has 1 saturated carbocycles. The standard InChI is InChI=1S/C17H27N/c1-12(2)14-6-8-15(9-7-14)18-16-11-17(4,5)10-13(16)3/h6-9,12-13,16,18H,10-11H2,1-5H3. The van der Waals surface area contributed by atoms with Crippen LogP contribution >= 0.6 is 0 Å². The highest BCUT2D eigenvalue weighted by atomic mass is 14.9. The van der Waals surface area contributed by atoms with Crippen LogP contribution in [0.3, 0.4) is 0 Å². The van der Waals surface area contributed by atoms with Gasteiger partial charge in [0.05, 0.1) is 0 Å². The van der Waals surface area contributed by atoms with Crippen molar-refractivity contribution in [2.45, 2.75) is 59.4 Å². The summed E-state index contributed by atoms with van der Waals surface area (Å²) in [4.78, 5) is 0. The van der Waals surface area contributed by atoms with E-state index in [1.54, 1.807) is 0 Å². The summed E-state index contributed by atoms with van der Waals surface area (Å²) >= 11 is 0. The van der Waals surface area contributed by atoms with Gasteiger partial charge in [-0.15, -0.1) is 0 Å². The van der Waals surface area contributed by atoms with Crippen molar-refractivity contribution in [3.8, 4) is 0 Å². The molecule has 0 heterocycles. The summed E-state index contributed by atoms with van der Waals surface area (Å²) in [5.41, 5.74) is 3.18. The maximum Gasteiger partial charge on any atom is 0.0342 e. The van der Waals surface area contributed by atoms with Crippen molar-refractivity contribution in [1.29, 1.82) is 0 Å². The van der Waals surface area contributed by atoms with Gasteiger partial charge in [-0.3, -0.25) is 0 Å². The molecule has 2 atom stereocenters. The van der Waals surface area contributed by atoms with E-state index in [1.807, 2.05) is 0 Å². The highest BCUT2D eigenvalue weighted by molar-refractivity contribution is 5.46. The molecule has 1 aliphatic carbocycles. The average Bonchev–Trinajstić information content (AvgIpc) is 2.52. The van der Waals surface area contributed by atoms with Crippen molar-refractivity contribution in [2.24, 2.45) is 11.3 Å². The molecule has 0 bridgehead atoms. The predicted octanol–water partition coefficient (Wildman–Crippen LogP) is 5.05. The van der Waals surface area contributed by atoms with E-state index in [-0.39, 0.29) is 0 Å². The van der Waals surface area contributed by atoms with Crippen LogP contribution in [0.5, 0.6) is 0 Å². The molecule has 1 aromatic rings. The van der Waals surface area contributed by atoms with E-state index in [0.29, 0.717) is 17.4 Å². The molecule has 0 aliphatic heterocycles. The van der Waals surface area contributed by atoms with Crippen molar-refractivity contribution < 1.29 is 0 Å². The van der Waals surface area contributed by atoms with Gasteiger partial charge in [0.25, 0.3) is 0 Å². The summed E-state index contributed by atoms with van der Waals surface area (Å²) in [5, 5.41) is 3.71. The normalized spacial score (nSPS) is 26.6. The molecule has 0 spiro atoms. The summed E-state index contributed by atoms with van der Waals surface area (Å²) < 4.78 is 0. The number of rotatable bonds is 3. The zero-order valence-electron chi connectivity index (χ0n) is 12.5. The SMILES string of the molecule is CC(C)c1ccc(NC2CC(C)(C)CC2C)cc1. The maximum absolute atomic E-state index is 3.71. The molecule has 100 valence electrons. The lowest BCUT2D eigenvalue weighted by atomic mass is 9.91. The molecule has 0 saturated heterocycles. The largest absolute Gasteiger partial charge is 0.382 e. The number of hydrogen-bond donors (Lipinski definition) is 1. The van der Waals surface area contributed by atoms with Crippen molar-refractivity contribution >= 4 is 5.69 Å². The molecule has 2 unspecified atom stereocenters. The average molecular weight is 245 g/mol. The fourth-order valence-electron chi connectivity index (χ4n) is 3.27. The van der Waals surface area contributed by atoms with Gasteiger partial charge in [-0.1, -0.05) is 46.8 Å². The third-order valence-electron chi connectivity index (χ3n) is 4.26. The Morgan fingerprint density at radius 3 is 2.17 bits per heavy atom. The third kappa shape index (κ3) is 3.07. The Bertz CT molecular complexity index is 389. The van der Waals surface area contributed by atoms with E-state index in [4.69, 9.17) is 0 Å². The molecule has 0 amide bonds. The smallest absolute Gasteiger partial charge is 0.0342 e. The Morgan fingerprint density at radius 1 is 1.11 bits per heavy atom. The first kappa shape index (κ1) is 13.5. The van der Waals surface area contributed by atoms with Crippen LogP contribution < -0.4 is 5.32 Å². The second-order valence-electron chi connectivity index (χ2n) is 7.08. The number of benzene rings is 1.